The molecule has 1 saturated heterocycles. The molecule has 2 radical (unpaired) electrons. The van der Waals surface area contributed by atoms with Crippen molar-refractivity contribution in [3.63, 3.8) is 0 Å². The Morgan fingerprint density at radius 2 is 1.69 bits per heavy atom. The Morgan fingerprint density at radius 1 is 0.944 bits per heavy atom. The van der Waals surface area contributed by atoms with Crippen LogP contribution in [0.1, 0.15) is 16.8 Å². The molecule has 1 atom stereocenters. The first-order valence-electron chi connectivity index (χ1n) is 12.4. The summed E-state index contributed by atoms with van der Waals surface area (Å²) >= 11 is 0. The number of pyridine rings is 2. The van der Waals surface area contributed by atoms with E-state index in [1.165, 1.54) is 5.56 Å². The Labute approximate surface area is 216 Å². The largest absolute Gasteiger partial charge is 0.366 e. The molecule has 1 aliphatic heterocycles. The minimum atomic E-state index is -0.218. The van der Waals surface area contributed by atoms with Crippen LogP contribution in [0.3, 0.4) is 0 Å². The SMILES string of the molecule is C[Si][C@H](NCc1ccccn1)C(=O)NCc1ccc(CNc2cccc(N3CCN(C)CC3)n2)cc1. The third-order valence-corrected chi connectivity index (χ3v) is 7.33. The van der Waals surface area contributed by atoms with Crippen LogP contribution in [0.4, 0.5) is 11.6 Å². The lowest BCUT2D eigenvalue weighted by molar-refractivity contribution is -0.121. The lowest BCUT2D eigenvalue weighted by Crippen LogP contribution is -2.46. The number of anilines is 2. The Hall–Kier alpha value is -3.27. The number of piperazine rings is 1. The maximum absolute atomic E-state index is 12.6. The Kier molecular flexibility index (Phi) is 9.43. The summed E-state index contributed by atoms with van der Waals surface area (Å²) in [5.74, 6) is 1.93. The van der Waals surface area contributed by atoms with Crippen molar-refractivity contribution in [2.75, 3.05) is 43.4 Å². The topological polar surface area (TPSA) is 85.4 Å². The van der Waals surface area contributed by atoms with Gasteiger partial charge in [-0.2, -0.15) is 0 Å². The number of carbonyl (C=O) groups is 1. The molecule has 8 nitrogen and oxygen atoms in total. The van der Waals surface area contributed by atoms with E-state index in [9.17, 15) is 4.79 Å². The Balaban J connectivity index is 1.22. The number of benzene rings is 1. The van der Waals surface area contributed by atoms with E-state index < -0.39 is 0 Å². The van der Waals surface area contributed by atoms with Gasteiger partial charge in [-0.25, -0.2) is 4.98 Å². The molecule has 0 saturated carbocycles. The predicted molar refractivity (Wildman–Crippen MR) is 146 cm³/mol. The van der Waals surface area contributed by atoms with Crippen LogP contribution >= 0.6 is 0 Å². The van der Waals surface area contributed by atoms with Crippen LogP contribution in [-0.2, 0) is 24.4 Å². The van der Waals surface area contributed by atoms with Gasteiger partial charge in [-0.15, -0.1) is 0 Å². The van der Waals surface area contributed by atoms with Crippen LogP contribution in [-0.4, -0.2) is 69.2 Å². The van der Waals surface area contributed by atoms with Crippen molar-refractivity contribution >= 4 is 27.1 Å². The van der Waals surface area contributed by atoms with Gasteiger partial charge in [-0.3, -0.25) is 9.78 Å². The van der Waals surface area contributed by atoms with Crippen LogP contribution in [0.15, 0.2) is 66.9 Å². The molecule has 0 aliphatic carbocycles. The lowest BCUT2D eigenvalue weighted by atomic mass is 10.1. The normalized spacial score (nSPS) is 14.9. The molecule has 0 bridgehead atoms. The van der Waals surface area contributed by atoms with Crippen molar-refractivity contribution in [2.45, 2.75) is 31.8 Å². The number of aromatic nitrogens is 2. The zero-order valence-corrected chi connectivity index (χ0v) is 22.1. The van der Waals surface area contributed by atoms with E-state index in [4.69, 9.17) is 4.98 Å². The van der Waals surface area contributed by atoms with Gasteiger partial charge in [0.15, 0.2) is 0 Å². The predicted octanol–water partition coefficient (Wildman–Crippen LogP) is 2.32. The number of amides is 1. The van der Waals surface area contributed by atoms with Crippen LogP contribution in [0, 0.1) is 0 Å². The fourth-order valence-corrected chi connectivity index (χ4v) is 4.70. The van der Waals surface area contributed by atoms with E-state index in [-0.39, 0.29) is 11.6 Å². The minimum Gasteiger partial charge on any atom is -0.366 e. The molecule has 0 unspecified atom stereocenters. The standard InChI is InChI=1S/C27H35N7OSi/c1-33-14-16-34(17-15-33)25-8-5-7-24(32-25)29-18-21-9-11-22(12-10-21)19-30-26(35)27(36-2)31-20-23-6-3-4-13-28-23/h3-13,27,31H,14-20H2,1-2H3,(H,29,32)(H,30,35)/t27-/m0/s1. The van der Waals surface area contributed by atoms with Crippen molar-refractivity contribution < 1.29 is 4.79 Å². The highest BCUT2D eigenvalue weighted by Crippen LogP contribution is 2.17. The molecule has 0 spiro atoms. The van der Waals surface area contributed by atoms with E-state index >= 15 is 0 Å². The first kappa shape index (κ1) is 25.8. The summed E-state index contributed by atoms with van der Waals surface area (Å²) in [6.45, 7) is 7.95. The second-order valence-electron chi connectivity index (χ2n) is 8.98. The number of carbonyl (C=O) groups excluding carboxylic acids is 1. The van der Waals surface area contributed by atoms with E-state index in [1.54, 1.807) is 6.20 Å². The molecule has 1 fully saturated rings. The summed E-state index contributed by atoms with van der Waals surface area (Å²) < 4.78 is 0. The number of hydrogen-bond acceptors (Lipinski definition) is 7. The number of hydrogen-bond donors (Lipinski definition) is 3. The molecule has 2 aromatic heterocycles. The highest BCUT2D eigenvalue weighted by Gasteiger charge is 2.17. The van der Waals surface area contributed by atoms with E-state index in [2.05, 4.69) is 74.2 Å². The molecule has 1 amide bonds. The van der Waals surface area contributed by atoms with Gasteiger partial charge in [-0.1, -0.05) is 42.9 Å². The monoisotopic (exact) mass is 501 g/mol. The summed E-state index contributed by atoms with van der Waals surface area (Å²) in [7, 11) is 2.62. The molecule has 3 heterocycles. The van der Waals surface area contributed by atoms with Crippen molar-refractivity contribution in [3.8, 4) is 0 Å². The minimum absolute atomic E-state index is 0.0174. The molecular weight excluding hydrogens is 466 g/mol. The Bertz CT molecular complexity index is 1090. The molecule has 1 aliphatic rings. The molecule has 188 valence electrons. The number of rotatable bonds is 11. The third-order valence-electron chi connectivity index (χ3n) is 6.29. The van der Waals surface area contributed by atoms with Gasteiger partial charge in [0.1, 0.15) is 11.6 Å². The molecule has 9 heteroatoms. The number of nitrogens with zero attached hydrogens (tertiary/aromatic N) is 4. The highest BCUT2D eigenvalue weighted by atomic mass is 28.2. The first-order valence-corrected chi connectivity index (χ1v) is 14.0. The maximum atomic E-state index is 12.6. The molecule has 4 rings (SSSR count). The molecular formula is C27H35N7OSi. The van der Waals surface area contributed by atoms with Crippen molar-refractivity contribution in [2.24, 2.45) is 0 Å². The third kappa shape index (κ3) is 7.61. The quantitative estimate of drug-likeness (QED) is 0.348. The summed E-state index contributed by atoms with van der Waals surface area (Å²) in [6.07, 6.45) is 1.77. The first-order chi connectivity index (χ1) is 17.6. The van der Waals surface area contributed by atoms with E-state index in [0.717, 1.165) is 49.1 Å². The fraction of sp³-hybridized carbons (Fsp3) is 0.370. The Morgan fingerprint density at radius 3 is 2.39 bits per heavy atom. The van der Waals surface area contributed by atoms with Crippen LogP contribution in [0.2, 0.25) is 6.55 Å². The van der Waals surface area contributed by atoms with Gasteiger partial charge < -0.3 is 25.8 Å². The van der Waals surface area contributed by atoms with Gasteiger partial charge in [0, 0.05) is 52.0 Å². The second kappa shape index (κ2) is 13.2. The summed E-state index contributed by atoms with van der Waals surface area (Å²) in [4.78, 5) is 26.4. The van der Waals surface area contributed by atoms with Gasteiger partial charge in [0.25, 0.3) is 0 Å². The highest BCUT2D eigenvalue weighted by molar-refractivity contribution is 6.42. The van der Waals surface area contributed by atoms with Gasteiger partial charge in [0.2, 0.25) is 5.91 Å². The molecule has 3 aromatic rings. The summed E-state index contributed by atoms with van der Waals surface area (Å²) in [5.41, 5.74) is 2.95. The van der Waals surface area contributed by atoms with Crippen molar-refractivity contribution in [1.82, 2.24) is 25.5 Å². The van der Waals surface area contributed by atoms with E-state index in [1.807, 2.05) is 30.8 Å². The zero-order chi connectivity index (χ0) is 25.2. The van der Waals surface area contributed by atoms with Crippen LogP contribution < -0.4 is 20.9 Å². The zero-order valence-electron chi connectivity index (χ0n) is 21.1. The van der Waals surface area contributed by atoms with Crippen molar-refractivity contribution in [1.29, 1.82) is 0 Å². The van der Waals surface area contributed by atoms with Gasteiger partial charge in [0.05, 0.1) is 20.9 Å². The van der Waals surface area contributed by atoms with E-state index in [0.29, 0.717) is 29.2 Å². The average Bonchev–Trinajstić information content (AvgIpc) is 2.93. The number of likely N-dealkylation sites (N-methyl/N-ethyl adjacent to an activating group) is 1. The van der Waals surface area contributed by atoms with Crippen LogP contribution in [0.5, 0.6) is 0 Å². The fourth-order valence-electron chi connectivity index (χ4n) is 4.03. The maximum Gasteiger partial charge on any atom is 0.233 e. The molecule has 3 N–H and O–H groups in total. The van der Waals surface area contributed by atoms with Crippen molar-refractivity contribution in [3.05, 3.63) is 83.7 Å². The number of nitrogens with one attached hydrogen (secondary N) is 3. The summed E-state index contributed by atoms with van der Waals surface area (Å²) in [6, 6.07) is 20.3. The smallest absolute Gasteiger partial charge is 0.233 e. The van der Waals surface area contributed by atoms with Crippen LogP contribution in [0.25, 0.3) is 0 Å². The van der Waals surface area contributed by atoms with Gasteiger partial charge >= 0.3 is 0 Å². The van der Waals surface area contributed by atoms with Gasteiger partial charge in [-0.05, 0) is 42.4 Å². The molecule has 1 aromatic carbocycles. The lowest BCUT2D eigenvalue weighted by Gasteiger charge is -2.33. The summed E-state index contributed by atoms with van der Waals surface area (Å²) in [5, 5.41) is 9.80. The molecule has 36 heavy (non-hydrogen) atoms. The second-order valence-corrected chi connectivity index (χ2v) is 10.1. The average molecular weight is 502 g/mol.